The number of amides is 3. The van der Waals surface area contributed by atoms with Gasteiger partial charge in [0.05, 0.1) is 22.3 Å². The normalized spacial score (nSPS) is 18.5. The zero-order chi connectivity index (χ0) is 31.1. The Balaban J connectivity index is 1.65. The van der Waals surface area contributed by atoms with Crippen molar-refractivity contribution in [3.8, 4) is 6.07 Å². The molecule has 2 atom stereocenters. The second-order valence-electron chi connectivity index (χ2n) is 10.2. The first kappa shape index (κ1) is 30.7. The van der Waals surface area contributed by atoms with E-state index in [9.17, 15) is 37.2 Å². The Hall–Kier alpha value is -3.77. The van der Waals surface area contributed by atoms with Gasteiger partial charge in [-0.05, 0) is 64.9 Å². The van der Waals surface area contributed by atoms with E-state index < -0.39 is 66.2 Å². The number of pyridine rings is 1. The topological polar surface area (TPSA) is 106 Å². The lowest BCUT2D eigenvalue weighted by molar-refractivity contribution is -0.133. The molecule has 8 nitrogen and oxygen atoms in total. The van der Waals surface area contributed by atoms with Crippen LogP contribution in [0.3, 0.4) is 0 Å². The van der Waals surface area contributed by atoms with Gasteiger partial charge in [-0.15, -0.1) is 0 Å². The van der Waals surface area contributed by atoms with E-state index in [0.29, 0.717) is 9.64 Å². The van der Waals surface area contributed by atoms with Crippen LogP contribution in [0, 0.1) is 26.5 Å². The fourth-order valence-electron chi connectivity index (χ4n) is 5.24. The standard InChI is InChI=1S/C29H21ClF4IN5O3/c30-21-3-1-2-20(25(21)35)26(27(42)38-18-12-29(33,34)13-18)39(19-10-16(31)9-17(32)11-19)28(43)22-4-5-24(41)40(22)23-8-15(14-36)6-7-37-23/h1-3,6-11,18,22,26H,4-5,12-13H2,(H,38,42)/t22-,26?/m0/s1. The van der Waals surface area contributed by atoms with E-state index in [1.807, 2.05) is 28.7 Å². The molecule has 0 radical (unpaired) electrons. The van der Waals surface area contributed by atoms with Crippen LogP contribution in [0.1, 0.15) is 42.9 Å². The van der Waals surface area contributed by atoms with Crippen LogP contribution in [0.5, 0.6) is 0 Å². The van der Waals surface area contributed by atoms with Crippen LogP contribution >= 0.6 is 34.2 Å². The van der Waals surface area contributed by atoms with Crippen molar-refractivity contribution in [2.75, 3.05) is 9.80 Å². The summed E-state index contributed by atoms with van der Waals surface area (Å²) < 4.78 is 56.8. The highest BCUT2D eigenvalue weighted by Gasteiger charge is 2.48. The number of carbonyl (C=O) groups is 3. The van der Waals surface area contributed by atoms with Crippen molar-refractivity contribution in [1.29, 1.82) is 5.26 Å². The first-order valence-electron chi connectivity index (χ1n) is 13.0. The van der Waals surface area contributed by atoms with Crippen LogP contribution in [0.25, 0.3) is 0 Å². The first-order chi connectivity index (χ1) is 20.4. The molecule has 1 saturated heterocycles. The highest BCUT2D eigenvalue weighted by atomic mass is 127. The summed E-state index contributed by atoms with van der Waals surface area (Å²) in [6.45, 7) is 0. The lowest BCUT2D eigenvalue weighted by Gasteiger charge is -2.39. The lowest BCUT2D eigenvalue weighted by Crippen LogP contribution is -2.56. The third kappa shape index (κ3) is 6.30. The molecule has 3 aromatic rings. The Bertz CT molecular complexity index is 1640. The number of rotatable bonds is 7. The van der Waals surface area contributed by atoms with Gasteiger partial charge in [-0.1, -0.05) is 23.7 Å². The van der Waals surface area contributed by atoms with Crippen molar-refractivity contribution in [1.82, 2.24) is 10.3 Å². The molecule has 0 bridgehead atoms. The fourth-order valence-corrected chi connectivity index (χ4v) is 6.08. The largest absolute Gasteiger partial charge is 0.351 e. The minimum absolute atomic E-state index is 0.000287. The van der Waals surface area contributed by atoms with E-state index >= 15 is 0 Å². The Labute approximate surface area is 261 Å². The van der Waals surface area contributed by atoms with Crippen LogP contribution in [-0.4, -0.2) is 40.7 Å². The summed E-state index contributed by atoms with van der Waals surface area (Å²) in [5.74, 6) is -7.34. The molecule has 1 saturated carbocycles. The number of nitriles is 1. The maximum Gasteiger partial charge on any atom is 0.252 e. The zero-order valence-electron chi connectivity index (χ0n) is 22.0. The molecule has 2 aliphatic rings. The monoisotopic (exact) mass is 725 g/mol. The third-order valence-corrected chi connectivity index (χ3v) is 9.04. The molecule has 1 aromatic heterocycles. The summed E-state index contributed by atoms with van der Waals surface area (Å²) in [4.78, 5) is 47.5. The highest BCUT2D eigenvalue weighted by molar-refractivity contribution is 14.1. The van der Waals surface area contributed by atoms with Gasteiger partial charge in [-0.2, -0.15) is 5.26 Å². The molecule has 1 aliphatic carbocycles. The molecule has 1 aliphatic heterocycles. The third-order valence-electron chi connectivity index (χ3n) is 7.20. The SMILES string of the molecule is N#Cc1ccnc(N2C(=O)CC[C@H]2C(=O)N(c2cc(F)cc(F)c2)C(C(=O)NC2CC(F)(F)C2)c2cccc(Cl)c2I)c1. The molecule has 2 aromatic carbocycles. The van der Waals surface area contributed by atoms with Gasteiger partial charge >= 0.3 is 0 Å². The number of carbonyl (C=O) groups excluding carboxylic acids is 3. The number of nitrogens with zero attached hydrogens (tertiary/aromatic N) is 4. The van der Waals surface area contributed by atoms with Gasteiger partial charge in [-0.25, -0.2) is 22.5 Å². The van der Waals surface area contributed by atoms with Gasteiger partial charge in [0.1, 0.15) is 29.5 Å². The Morgan fingerprint density at radius 3 is 2.51 bits per heavy atom. The Morgan fingerprint density at radius 1 is 1.16 bits per heavy atom. The summed E-state index contributed by atoms with van der Waals surface area (Å²) in [5, 5.41) is 12.1. The molecule has 43 heavy (non-hydrogen) atoms. The van der Waals surface area contributed by atoms with Gasteiger partial charge in [0, 0.05) is 41.1 Å². The van der Waals surface area contributed by atoms with Crippen LogP contribution in [-0.2, 0) is 14.4 Å². The number of hydrogen-bond donors (Lipinski definition) is 1. The number of alkyl halides is 2. The maximum absolute atomic E-state index is 14.6. The summed E-state index contributed by atoms with van der Waals surface area (Å²) in [7, 11) is 0. The van der Waals surface area contributed by atoms with E-state index in [-0.39, 0.29) is 40.5 Å². The van der Waals surface area contributed by atoms with Gasteiger partial charge in [0.2, 0.25) is 11.8 Å². The van der Waals surface area contributed by atoms with E-state index in [4.69, 9.17) is 11.6 Å². The van der Waals surface area contributed by atoms with Crippen molar-refractivity contribution in [2.45, 2.75) is 49.7 Å². The molecule has 1 N–H and O–H groups in total. The molecule has 0 spiro atoms. The number of aromatic nitrogens is 1. The molecule has 5 rings (SSSR count). The molecule has 222 valence electrons. The molecule has 14 heteroatoms. The summed E-state index contributed by atoms with van der Waals surface area (Å²) in [6, 6.07) is 7.65. The summed E-state index contributed by atoms with van der Waals surface area (Å²) in [6.07, 6.45) is -0.0816. The average molecular weight is 726 g/mol. The first-order valence-corrected chi connectivity index (χ1v) is 14.4. The highest BCUT2D eigenvalue weighted by Crippen LogP contribution is 2.40. The van der Waals surface area contributed by atoms with Crippen LogP contribution < -0.4 is 15.1 Å². The van der Waals surface area contributed by atoms with Gasteiger partial charge in [0.25, 0.3) is 11.8 Å². The van der Waals surface area contributed by atoms with Crippen molar-refractivity contribution in [2.24, 2.45) is 0 Å². The van der Waals surface area contributed by atoms with Crippen molar-refractivity contribution >= 4 is 63.4 Å². The average Bonchev–Trinajstić information content (AvgIpc) is 3.32. The quantitative estimate of drug-likeness (QED) is 0.250. The number of hydrogen-bond acceptors (Lipinski definition) is 5. The minimum atomic E-state index is -2.96. The van der Waals surface area contributed by atoms with Crippen LogP contribution in [0.4, 0.5) is 29.1 Å². The van der Waals surface area contributed by atoms with Crippen LogP contribution in [0.2, 0.25) is 5.02 Å². The minimum Gasteiger partial charge on any atom is -0.351 e. The maximum atomic E-state index is 14.6. The van der Waals surface area contributed by atoms with Crippen molar-refractivity contribution < 1.29 is 31.9 Å². The zero-order valence-corrected chi connectivity index (χ0v) is 25.0. The van der Waals surface area contributed by atoms with Crippen molar-refractivity contribution in [3.05, 3.63) is 86.1 Å². The number of anilines is 2. The van der Waals surface area contributed by atoms with Crippen LogP contribution in [0.15, 0.2) is 54.7 Å². The number of nitrogens with one attached hydrogen (secondary N) is 1. The molecule has 2 fully saturated rings. The smallest absolute Gasteiger partial charge is 0.252 e. The van der Waals surface area contributed by atoms with Gasteiger partial charge in [0.15, 0.2) is 0 Å². The number of benzene rings is 2. The lowest BCUT2D eigenvalue weighted by atomic mass is 9.87. The molecular weight excluding hydrogens is 705 g/mol. The second-order valence-corrected chi connectivity index (χ2v) is 11.7. The van der Waals surface area contributed by atoms with E-state index in [1.165, 1.54) is 36.5 Å². The predicted molar refractivity (Wildman–Crippen MR) is 156 cm³/mol. The molecule has 2 heterocycles. The second kappa shape index (κ2) is 12.1. The Kier molecular flexibility index (Phi) is 8.62. The van der Waals surface area contributed by atoms with Crippen molar-refractivity contribution in [3.63, 3.8) is 0 Å². The predicted octanol–water partition coefficient (Wildman–Crippen LogP) is 5.67. The molecule has 1 unspecified atom stereocenters. The Morgan fingerprint density at radius 2 is 1.86 bits per heavy atom. The molecular formula is C29H21ClF4IN5O3. The fraction of sp³-hybridized carbons (Fsp3) is 0.276. The van der Waals surface area contributed by atoms with Gasteiger partial charge < -0.3 is 5.32 Å². The van der Waals surface area contributed by atoms with E-state index in [0.717, 1.165) is 21.9 Å². The van der Waals surface area contributed by atoms with E-state index in [2.05, 4.69) is 10.3 Å². The van der Waals surface area contributed by atoms with E-state index in [1.54, 1.807) is 0 Å². The summed E-state index contributed by atoms with van der Waals surface area (Å²) in [5.41, 5.74) is -0.0198. The number of halogens is 6. The summed E-state index contributed by atoms with van der Waals surface area (Å²) >= 11 is 8.21. The van der Waals surface area contributed by atoms with Gasteiger partial charge in [-0.3, -0.25) is 24.2 Å². The molecule has 3 amide bonds.